The molecular formula is C21H28N4O2. The van der Waals surface area contributed by atoms with Crippen LogP contribution in [0, 0.1) is 0 Å². The molecule has 144 valence electrons. The summed E-state index contributed by atoms with van der Waals surface area (Å²) in [5.74, 6) is 2.39. The standard InChI is InChI=1S/C21H28N4O2/c1-22-21(23-13-17-9-10-19-20(12-17)27-15-26-19)24-14-18(25(2)3)11-16-7-5-4-6-8-16/h4-10,12,18H,11,13-15H2,1-3H3,(H2,22,23,24). The minimum Gasteiger partial charge on any atom is -0.454 e. The third kappa shape index (κ3) is 5.37. The highest BCUT2D eigenvalue weighted by atomic mass is 16.7. The summed E-state index contributed by atoms with van der Waals surface area (Å²) < 4.78 is 10.8. The van der Waals surface area contributed by atoms with E-state index in [1.165, 1.54) is 5.56 Å². The summed E-state index contributed by atoms with van der Waals surface area (Å²) in [7, 11) is 6.01. The topological polar surface area (TPSA) is 58.1 Å². The van der Waals surface area contributed by atoms with E-state index in [1.54, 1.807) is 7.05 Å². The zero-order valence-electron chi connectivity index (χ0n) is 16.2. The summed E-state index contributed by atoms with van der Waals surface area (Å²) in [6, 6.07) is 16.9. The zero-order valence-corrected chi connectivity index (χ0v) is 16.2. The van der Waals surface area contributed by atoms with Gasteiger partial charge in [0.05, 0.1) is 0 Å². The Labute approximate surface area is 161 Å². The smallest absolute Gasteiger partial charge is 0.231 e. The predicted molar refractivity (Wildman–Crippen MR) is 108 cm³/mol. The summed E-state index contributed by atoms with van der Waals surface area (Å²) in [5.41, 5.74) is 2.46. The summed E-state index contributed by atoms with van der Waals surface area (Å²) in [6.45, 7) is 1.77. The number of likely N-dealkylation sites (N-methyl/N-ethyl adjacent to an activating group) is 1. The van der Waals surface area contributed by atoms with Crippen LogP contribution in [-0.4, -0.2) is 51.4 Å². The lowest BCUT2D eigenvalue weighted by Crippen LogP contribution is -2.45. The van der Waals surface area contributed by atoms with Gasteiger partial charge >= 0.3 is 0 Å². The second-order valence-corrected chi connectivity index (χ2v) is 6.80. The van der Waals surface area contributed by atoms with Gasteiger partial charge in [0.2, 0.25) is 6.79 Å². The second kappa shape index (κ2) is 9.28. The van der Waals surface area contributed by atoms with E-state index in [4.69, 9.17) is 9.47 Å². The molecule has 0 saturated heterocycles. The lowest BCUT2D eigenvalue weighted by Gasteiger charge is -2.25. The molecule has 0 fully saturated rings. The summed E-state index contributed by atoms with van der Waals surface area (Å²) >= 11 is 0. The van der Waals surface area contributed by atoms with E-state index in [9.17, 15) is 0 Å². The van der Waals surface area contributed by atoms with Crippen LogP contribution in [0.3, 0.4) is 0 Å². The number of nitrogens with one attached hydrogen (secondary N) is 2. The Balaban J connectivity index is 1.51. The molecule has 3 rings (SSSR count). The first-order chi connectivity index (χ1) is 13.2. The molecule has 2 N–H and O–H groups in total. The molecule has 0 saturated carbocycles. The van der Waals surface area contributed by atoms with Gasteiger partial charge in [-0.05, 0) is 43.8 Å². The first kappa shape index (κ1) is 19.0. The molecule has 1 unspecified atom stereocenters. The van der Waals surface area contributed by atoms with Crippen LogP contribution in [0.5, 0.6) is 11.5 Å². The lowest BCUT2D eigenvalue weighted by atomic mass is 10.1. The number of aliphatic imine (C=N–C) groups is 1. The maximum atomic E-state index is 5.43. The van der Waals surface area contributed by atoms with Gasteiger partial charge in [-0.1, -0.05) is 36.4 Å². The van der Waals surface area contributed by atoms with Crippen molar-refractivity contribution in [2.45, 2.75) is 19.0 Å². The van der Waals surface area contributed by atoms with E-state index >= 15 is 0 Å². The highest BCUT2D eigenvalue weighted by Crippen LogP contribution is 2.32. The summed E-state index contributed by atoms with van der Waals surface area (Å²) in [6.07, 6.45) is 0.986. The first-order valence-electron chi connectivity index (χ1n) is 9.19. The monoisotopic (exact) mass is 368 g/mol. The average Bonchev–Trinajstić information content (AvgIpc) is 3.15. The van der Waals surface area contributed by atoms with Gasteiger partial charge in [-0.3, -0.25) is 4.99 Å². The molecule has 6 nitrogen and oxygen atoms in total. The van der Waals surface area contributed by atoms with Crippen molar-refractivity contribution >= 4 is 5.96 Å². The quantitative estimate of drug-likeness (QED) is 0.580. The summed E-state index contributed by atoms with van der Waals surface area (Å²) in [5, 5.41) is 6.79. The molecule has 0 radical (unpaired) electrons. The molecular weight excluding hydrogens is 340 g/mol. The number of hydrogen-bond donors (Lipinski definition) is 2. The first-order valence-corrected chi connectivity index (χ1v) is 9.19. The average molecular weight is 368 g/mol. The number of hydrogen-bond acceptors (Lipinski definition) is 4. The van der Waals surface area contributed by atoms with Crippen LogP contribution in [-0.2, 0) is 13.0 Å². The Morgan fingerprint density at radius 1 is 1.04 bits per heavy atom. The molecule has 0 spiro atoms. The fraction of sp³-hybridized carbons (Fsp3) is 0.381. The number of fused-ring (bicyclic) bond motifs is 1. The third-order valence-corrected chi connectivity index (χ3v) is 4.67. The van der Waals surface area contributed by atoms with E-state index in [2.05, 4.69) is 58.9 Å². The van der Waals surface area contributed by atoms with E-state index < -0.39 is 0 Å². The highest BCUT2D eigenvalue weighted by Gasteiger charge is 2.14. The molecule has 0 bridgehead atoms. The van der Waals surface area contributed by atoms with Gasteiger partial charge in [-0.25, -0.2) is 0 Å². The number of rotatable bonds is 7. The highest BCUT2D eigenvalue weighted by molar-refractivity contribution is 5.79. The van der Waals surface area contributed by atoms with Gasteiger partial charge in [-0.2, -0.15) is 0 Å². The van der Waals surface area contributed by atoms with Gasteiger partial charge in [0.15, 0.2) is 17.5 Å². The van der Waals surface area contributed by atoms with Crippen molar-refractivity contribution in [1.82, 2.24) is 15.5 Å². The number of guanidine groups is 1. The van der Waals surface area contributed by atoms with Gasteiger partial charge in [0.1, 0.15) is 0 Å². The predicted octanol–water partition coefficient (Wildman–Crippen LogP) is 2.25. The van der Waals surface area contributed by atoms with E-state index in [0.717, 1.165) is 36.0 Å². The maximum Gasteiger partial charge on any atom is 0.231 e. The minimum atomic E-state index is 0.294. The molecule has 0 aliphatic carbocycles. The third-order valence-electron chi connectivity index (χ3n) is 4.67. The minimum absolute atomic E-state index is 0.294. The fourth-order valence-corrected chi connectivity index (χ4v) is 3.00. The van der Waals surface area contributed by atoms with Crippen molar-refractivity contribution in [3.8, 4) is 11.5 Å². The van der Waals surface area contributed by atoms with E-state index in [-0.39, 0.29) is 0 Å². The number of ether oxygens (including phenoxy) is 2. The lowest BCUT2D eigenvalue weighted by molar-refractivity contribution is 0.174. The SMILES string of the molecule is CN=C(NCc1ccc2c(c1)OCO2)NCC(Cc1ccccc1)N(C)C. The molecule has 1 aliphatic heterocycles. The van der Waals surface area contributed by atoms with Crippen molar-refractivity contribution in [2.24, 2.45) is 4.99 Å². The molecule has 0 amide bonds. The van der Waals surface area contributed by atoms with Gasteiger partial charge in [-0.15, -0.1) is 0 Å². The number of nitrogens with zero attached hydrogens (tertiary/aromatic N) is 2. The van der Waals surface area contributed by atoms with Crippen LogP contribution in [0.2, 0.25) is 0 Å². The number of benzene rings is 2. The van der Waals surface area contributed by atoms with Crippen LogP contribution in [0.4, 0.5) is 0 Å². The van der Waals surface area contributed by atoms with Crippen LogP contribution >= 0.6 is 0 Å². The van der Waals surface area contributed by atoms with Crippen molar-refractivity contribution in [2.75, 3.05) is 34.5 Å². The van der Waals surface area contributed by atoms with Gasteiger partial charge < -0.3 is 25.0 Å². The Morgan fingerprint density at radius 3 is 2.56 bits per heavy atom. The van der Waals surface area contributed by atoms with Crippen LogP contribution < -0.4 is 20.1 Å². The van der Waals surface area contributed by atoms with Gasteiger partial charge in [0.25, 0.3) is 0 Å². The molecule has 1 heterocycles. The zero-order chi connectivity index (χ0) is 19.1. The molecule has 2 aromatic carbocycles. The van der Waals surface area contributed by atoms with Crippen molar-refractivity contribution < 1.29 is 9.47 Å². The van der Waals surface area contributed by atoms with Crippen molar-refractivity contribution in [3.63, 3.8) is 0 Å². The molecule has 27 heavy (non-hydrogen) atoms. The maximum absolute atomic E-state index is 5.43. The second-order valence-electron chi connectivity index (χ2n) is 6.80. The molecule has 0 aromatic heterocycles. The normalized spacial score (nSPS) is 14.3. The van der Waals surface area contributed by atoms with Crippen molar-refractivity contribution in [3.05, 3.63) is 59.7 Å². The molecule has 1 aliphatic rings. The fourth-order valence-electron chi connectivity index (χ4n) is 3.00. The van der Waals surface area contributed by atoms with Crippen LogP contribution in [0.25, 0.3) is 0 Å². The summed E-state index contributed by atoms with van der Waals surface area (Å²) in [4.78, 5) is 6.58. The van der Waals surface area contributed by atoms with Gasteiger partial charge in [0, 0.05) is 26.2 Å². The van der Waals surface area contributed by atoms with Crippen LogP contribution in [0.15, 0.2) is 53.5 Å². The Morgan fingerprint density at radius 2 is 1.81 bits per heavy atom. The molecule has 6 heteroatoms. The van der Waals surface area contributed by atoms with Crippen molar-refractivity contribution in [1.29, 1.82) is 0 Å². The molecule has 2 aromatic rings. The Kier molecular flexibility index (Phi) is 6.54. The van der Waals surface area contributed by atoms with Crippen LogP contribution in [0.1, 0.15) is 11.1 Å². The van der Waals surface area contributed by atoms with E-state index in [1.807, 2.05) is 24.3 Å². The Hall–Kier alpha value is -2.73. The largest absolute Gasteiger partial charge is 0.454 e. The Bertz CT molecular complexity index is 762. The molecule has 1 atom stereocenters. The van der Waals surface area contributed by atoms with E-state index in [0.29, 0.717) is 19.4 Å².